The Bertz CT molecular complexity index is 3530. The van der Waals surface area contributed by atoms with E-state index in [4.69, 9.17) is 0 Å². The normalized spacial score (nSPS) is 12.4. The summed E-state index contributed by atoms with van der Waals surface area (Å²) in [6.45, 7) is 0. The molecule has 10 aromatic carbocycles. The fraction of sp³-hybridized carbons (Fsp3) is 0. The standard InChI is InChI=1S/C52H30N2S/c1-3-15-33-31(13-1)29-47(37-19-7-5-17-35(33)37)53-43-23-11-9-21-41(43)49-45(53)27-25-39-40-26-28-46-50(52(40)55-51(39)49)42-22-10-12-24-44(42)54(46)48-30-32-14-2-4-16-34(32)36-18-6-8-20-38(36)48/h1-30H. The van der Waals surface area contributed by atoms with E-state index >= 15 is 0 Å². The molecule has 0 aliphatic heterocycles. The molecule has 2 nitrogen and oxygen atoms in total. The lowest BCUT2D eigenvalue weighted by Gasteiger charge is -2.14. The van der Waals surface area contributed by atoms with Gasteiger partial charge in [-0.05, 0) is 68.7 Å². The number of nitrogens with zero attached hydrogens (tertiary/aromatic N) is 2. The van der Waals surface area contributed by atoms with Crippen LogP contribution in [0, 0.1) is 0 Å². The molecule has 0 atom stereocenters. The molecule has 0 aliphatic carbocycles. The van der Waals surface area contributed by atoms with Crippen molar-refractivity contribution in [3.05, 3.63) is 182 Å². The summed E-state index contributed by atoms with van der Waals surface area (Å²) in [6, 6.07) is 67.5. The lowest BCUT2D eigenvalue weighted by molar-refractivity contribution is 1.20. The molecule has 0 fully saturated rings. The highest BCUT2D eigenvalue weighted by Crippen LogP contribution is 2.48. The van der Waals surface area contributed by atoms with Crippen LogP contribution in [-0.4, -0.2) is 9.13 Å². The Hall–Kier alpha value is -6.94. The third-order valence-corrected chi connectivity index (χ3v) is 13.3. The molecule has 3 heterocycles. The number of aromatic nitrogens is 2. The lowest BCUT2D eigenvalue weighted by atomic mass is 10.00. The van der Waals surface area contributed by atoms with Crippen LogP contribution in [0.15, 0.2) is 182 Å². The Labute approximate surface area is 319 Å². The van der Waals surface area contributed by atoms with Crippen LogP contribution in [0.2, 0.25) is 0 Å². The van der Waals surface area contributed by atoms with Crippen LogP contribution >= 0.6 is 11.3 Å². The van der Waals surface area contributed by atoms with Gasteiger partial charge in [0.05, 0.1) is 33.4 Å². The fourth-order valence-corrected chi connectivity index (χ4v) is 11.2. The number of hydrogen-bond donors (Lipinski definition) is 0. The predicted molar refractivity (Wildman–Crippen MR) is 238 cm³/mol. The highest BCUT2D eigenvalue weighted by molar-refractivity contribution is 7.27. The minimum absolute atomic E-state index is 1.22. The summed E-state index contributed by atoms with van der Waals surface area (Å²) >= 11 is 1.95. The van der Waals surface area contributed by atoms with Crippen LogP contribution in [0.5, 0.6) is 0 Å². The maximum atomic E-state index is 2.51. The largest absolute Gasteiger partial charge is 0.309 e. The van der Waals surface area contributed by atoms with Crippen molar-refractivity contribution in [2.75, 3.05) is 0 Å². The molecule has 0 amide bonds. The first-order chi connectivity index (χ1) is 27.3. The summed E-state index contributed by atoms with van der Waals surface area (Å²) in [5.74, 6) is 0. The van der Waals surface area contributed by atoms with Crippen molar-refractivity contribution >= 4 is 118 Å². The molecule has 0 bridgehead atoms. The van der Waals surface area contributed by atoms with E-state index in [9.17, 15) is 0 Å². The molecular weight excluding hydrogens is 685 g/mol. The maximum Gasteiger partial charge on any atom is 0.0556 e. The number of thiophene rings is 1. The third-order valence-electron chi connectivity index (χ3n) is 12.1. The molecule has 13 aromatic rings. The first-order valence-corrected chi connectivity index (χ1v) is 19.8. The molecule has 55 heavy (non-hydrogen) atoms. The van der Waals surface area contributed by atoms with Crippen LogP contribution in [0.1, 0.15) is 0 Å². The summed E-state index contributed by atoms with van der Waals surface area (Å²) in [6.07, 6.45) is 0. The van der Waals surface area contributed by atoms with E-state index in [1.165, 1.54) is 118 Å². The smallest absolute Gasteiger partial charge is 0.0556 e. The van der Waals surface area contributed by atoms with E-state index in [0.717, 1.165) is 0 Å². The predicted octanol–water partition coefficient (Wildman–Crippen LogP) is 14.9. The molecule has 3 heteroatoms. The molecular formula is C52H30N2S. The van der Waals surface area contributed by atoms with Crippen molar-refractivity contribution in [2.24, 2.45) is 0 Å². The van der Waals surface area contributed by atoms with E-state index < -0.39 is 0 Å². The first kappa shape index (κ1) is 29.5. The van der Waals surface area contributed by atoms with Crippen LogP contribution in [0.3, 0.4) is 0 Å². The quantitative estimate of drug-likeness (QED) is 0.158. The van der Waals surface area contributed by atoms with Crippen molar-refractivity contribution in [3.63, 3.8) is 0 Å². The Morgan fingerprint density at radius 1 is 0.273 bits per heavy atom. The minimum atomic E-state index is 1.22. The Balaban J connectivity index is 1.16. The van der Waals surface area contributed by atoms with Gasteiger partial charge in [-0.1, -0.05) is 146 Å². The third kappa shape index (κ3) is 3.87. The van der Waals surface area contributed by atoms with Gasteiger partial charge in [-0.2, -0.15) is 0 Å². The number of benzene rings is 10. The van der Waals surface area contributed by atoms with Gasteiger partial charge in [0, 0.05) is 52.5 Å². The van der Waals surface area contributed by atoms with Gasteiger partial charge in [-0.3, -0.25) is 0 Å². The second-order valence-corrected chi connectivity index (χ2v) is 15.8. The SMILES string of the molecule is c1ccc2c(c1)cc(-n1c3ccccc3c3c4sc5c(ccc6c5c5ccccc5n6-c5cc6ccccc6c6ccccc56)c4ccc31)c1ccccc12. The average molecular weight is 715 g/mol. The zero-order chi connectivity index (χ0) is 35.8. The molecule has 0 unspecified atom stereocenters. The van der Waals surface area contributed by atoms with Crippen molar-refractivity contribution in [2.45, 2.75) is 0 Å². The summed E-state index contributed by atoms with van der Waals surface area (Å²) in [5.41, 5.74) is 7.37. The molecule has 0 radical (unpaired) electrons. The topological polar surface area (TPSA) is 9.86 Å². The summed E-state index contributed by atoms with van der Waals surface area (Å²) in [4.78, 5) is 0. The number of fused-ring (bicyclic) bond motifs is 17. The monoisotopic (exact) mass is 714 g/mol. The lowest BCUT2D eigenvalue weighted by Crippen LogP contribution is -1.96. The highest BCUT2D eigenvalue weighted by atomic mass is 32.1. The molecule has 3 aromatic heterocycles. The van der Waals surface area contributed by atoms with Crippen LogP contribution in [0.4, 0.5) is 0 Å². The van der Waals surface area contributed by atoms with Crippen molar-refractivity contribution < 1.29 is 0 Å². The average Bonchev–Trinajstić information content (AvgIpc) is 3.91. The van der Waals surface area contributed by atoms with Crippen molar-refractivity contribution in [3.8, 4) is 11.4 Å². The summed E-state index contributed by atoms with van der Waals surface area (Å²) < 4.78 is 7.70. The van der Waals surface area contributed by atoms with Gasteiger partial charge in [0.25, 0.3) is 0 Å². The summed E-state index contributed by atoms with van der Waals surface area (Å²) in [5, 5.41) is 18.0. The Morgan fingerprint density at radius 3 is 1.09 bits per heavy atom. The maximum absolute atomic E-state index is 2.51. The highest BCUT2D eigenvalue weighted by Gasteiger charge is 2.23. The van der Waals surface area contributed by atoms with E-state index in [-0.39, 0.29) is 0 Å². The zero-order valence-corrected chi connectivity index (χ0v) is 30.4. The molecule has 0 N–H and O–H groups in total. The first-order valence-electron chi connectivity index (χ1n) is 18.9. The zero-order valence-electron chi connectivity index (χ0n) is 29.6. The van der Waals surface area contributed by atoms with Gasteiger partial charge in [0.15, 0.2) is 0 Å². The van der Waals surface area contributed by atoms with Crippen molar-refractivity contribution in [1.29, 1.82) is 0 Å². The molecule has 0 spiro atoms. The van der Waals surface area contributed by atoms with Gasteiger partial charge in [-0.25, -0.2) is 0 Å². The molecule has 13 rings (SSSR count). The summed E-state index contributed by atoms with van der Waals surface area (Å²) in [7, 11) is 0. The molecule has 0 aliphatic rings. The Kier molecular flexibility index (Phi) is 5.80. The molecule has 254 valence electrons. The number of rotatable bonds is 2. The van der Waals surface area contributed by atoms with Gasteiger partial charge >= 0.3 is 0 Å². The van der Waals surface area contributed by atoms with Gasteiger partial charge in [0.1, 0.15) is 0 Å². The van der Waals surface area contributed by atoms with Gasteiger partial charge < -0.3 is 9.13 Å². The van der Waals surface area contributed by atoms with Gasteiger partial charge in [0.2, 0.25) is 0 Å². The molecule has 0 saturated heterocycles. The number of hydrogen-bond acceptors (Lipinski definition) is 1. The van der Waals surface area contributed by atoms with E-state index in [1.54, 1.807) is 0 Å². The minimum Gasteiger partial charge on any atom is -0.309 e. The Morgan fingerprint density at radius 2 is 0.636 bits per heavy atom. The van der Waals surface area contributed by atoms with E-state index in [0.29, 0.717) is 0 Å². The van der Waals surface area contributed by atoms with E-state index in [1.807, 2.05) is 11.3 Å². The van der Waals surface area contributed by atoms with Crippen LogP contribution in [0.25, 0.3) is 118 Å². The second-order valence-electron chi connectivity index (χ2n) is 14.8. The van der Waals surface area contributed by atoms with Crippen LogP contribution < -0.4 is 0 Å². The molecule has 0 saturated carbocycles. The van der Waals surface area contributed by atoms with Gasteiger partial charge in [-0.15, -0.1) is 11.3 Å². The second kappa shape index (κ2) is 10.8. The van der Waals surface area contributed by atoms with Crippen molar-refractivity contribution in [1.82, 2.24) is 9.13 Å². The number of para-hydroxylation sites is 2. The fourth-order valence-electron chi connectivity index (χ4n) is 9.75. The van der Waals surface area contributed by atoms with Crippen LogP contribution in [-0.2, 0) is 0 Å². The van der Waals surface area contributed by atoms with E-state index in [2.05, 4.69) is 191 Å².